The van der Waals surface area contributed by atoms with Crippen molar-refractivity contribution in [2.75, 3.05) is 11.3 Å². The first-order valence-electron chi connectivity index (χ1n) is 6.45. The fraction of sp³-hybridized carbons (Fsp3) is 0.133. The van der Waals surface area contributed by atoms with Crippen molar-refractivity contribution in [3.8, 4) is 5.75 Å². The minimum absolute atomic E-state index is 0.175. The Balaban J connectivity index is 2.21. The summed E-state index contributed by atoms with van der Waals surface area (Å²) >= 11 is 3.34. The van der Waals surface area contributed by atoms with Crippen molar-refractivity contribution in [2.24, 2.45) is 0 Å². The first kappa shape index (κ1) is 16.5. The van der Waals surface area contributed by atoms with Crippen LogP contribution in [-0.2, 0) is 11.0 Å². The molecular weight excluding hydrogens is 370 g/mol. The molecule has 0 heterocycles. The van der Waals surface area contributed by atoms with E-state index in [1.165, 1.54) is 12.1 Å². The van der Waals surface area contributed by atoms with Crippen molar-refractivity contribution in [3.63, 3.8) is 0 Å². The van der Waals surface area contributed by atoms with E-state index < -0.39 is 17.0 Å². The Morgan fingerprint density at radius 1 is 1.27 bits per heavy atom. The van der Waals surface area contributed by atoms with E-state index in [-0.39, 0.29) is 5.56 Å². The summed E-state index contributed by atoms with van der Waals surface area (Å²) in [6.07, 6.45) is 0. The standard InChI is InChI=1S/C15H14BrNO4S/c1-2-21-13-8-5-11(16)9-14(13)22(20)17-12-6-3-10(4-7-12)15(18)19/h3-9,17H,2H2,1H3,(H,18,19). The maximum absolute atomic E-state index is 12.5. The molecule has 0 spiro atoms. The van der Waals surface area contributed by atoms with Crippen LogP contribution in [0.5, 0.6) is 5.75 Å². The molecule has 0 saturated carbocycles. The van der Waals surface area contributed by atoms with Crippen molar-refractivity contribution in [3.05, 3.63) is 52.5 Å². The van der Waals surface area contributed by atoms with E-state index in [9.17, 15) is 9.00 Å². The zero-order chi connectivity index (χ0) is 16.1. The summed E-state index contributed by atoms with van der Waals surface area (Å²) in [5.74, 6) is -0.461. The summed E-state index contributed by atoms with van der Waals surface area (Å²) in [7, 11) is -1.53. The highest BCUT2D eigenvalue weighted by molar-refractivity contribution is 9.10. The largest absolute Gasteiger partial charge is 0.493 e. The zero-order valence-electron chi connectivity index (χ0n) is 11.7. The van der Waals surface area contributed by atoms with Gasteiger partial charge in [0.2, 0.25) is 0 Å². The van der Waals surface area contributed by atoms with Crippen LogP contribution in [0.2, 0.25) is 0 Å². The van der Waals surface area contributed by atoms with Crippen molar-refractivity contribution in [2.45, 2.75) is 11.8 Å². The molecule has 0 aliphatic carbocycles. The van der Waals surface area contributed by atoms with Gasteiger partial charge in [0, 0.05) is 10.2 Å². The van der Waals surface area contributed by atoms with Gasteiger partial charge in [0.1, 0.15) is 10.6 Å². The van der Waals surface area contributed by atoms with E-state index in [1.807, 2.05) is 13.0 Å². The Labute approximate surface area is 139 Å². The number of hydrogen-bond donors (Lipinski definition) is 2. The monoisotopic (exact) mass is 383 g/mol. The van der Waals surface area contributed by atoms with Crippen LogP contribution in [0.4, 0.5) is 5.69 Å². The van der Waals surface area contributed by atoms with Gasteiger partial charge in [0.05, 0.1) is 12.2 Å². The fourth-order valence-corrected chi connectivity index (χ4v) is 3.26. The first-order chi connectivity index (χ1) is 10.5. The maximum atomic E-state index is 12.5. The van der Waals surface area contributed by atoms with Gasteiger partial charge in [-0.25, -0.2) is 9.00 Å². The average Bonchev–Trinajstić information content (AvgIpc) is 2.49. The Hall–Kier alpha value is -1.86. The lowest BCUT2D eigenvalue weighted by Crippen LogP contribution is -2.07. The van der Waals surface area contributed by atoms with E-state index >= 15 is 0 Å². The molecule has 2 rings (SSSR count). The van der Waals surface area contributed by atoms with E-state index in [1.54, 1.807) is 24.3 Å². The highest BCUT2D eigenvalue weighted by Crippen LogP contribution is 2.27. The fourth-order valence-electron chi connectivity index (χ4n) is 1.74. The molecule has 0 bridgehead atoms. The molecule has 1 unspecified atom stereocenters. The second kappa shape index (κ2) is 7.42. The highest BCUT2D eigenvalue weighted by Gasteiger charge is 2.12. The van der Waals surface area contributed by atoms with Crippen LogP contribution >= 0.6 is 15.9 Å². The van der Waals surface area contributed by atoms with Crippen molar-refractivity contribution < 1.29 is 18.8 Å². The third-order valence-electron chi connectivity index (χ3n) is 2.75. The van der Waals surface area contributed by atoms with Crippen LogP contribution in [-0.4, -0.2) is 21.9 Å². The second-order valence-electron chi connectivity index (χ2n) is 4.28. The zero-order valence-corrected chi connectivity index (χ0v) is 14.1. The van der Waals surface area contributed by atoms with Crippen LogP contribution in [0.3, 0.4) is 0 Å². The van der Waals surface area contributed by atoms with Gasteiger partial charge in [-0.3, -0.25) is 0 Å². The van der Waals surface area contributed by atoms with E-state index in [4.69, 9.17) is 9.84 Å². The molecular formula is C15H14BrNO4S. The lowest BCUT2D eigenvalue weighted by atomic mass is 10.2. The van der Waals surface area contributed by atoms with Crippen molar-refractivity contribution >= 4 is 38.6 Å². The molecule has 2 N–H and O–H groups in total. The third-order valence-corrected chi connectivity index (χ3v) is 4.38. The molecule has 0 fully saturated rings. The number of ether oxygens (including phenoxy) is 1. The van der Waals surface area contributed by atoms with Gasteiger partial charge in [-0.15, -0.1) is 0 Å². The van der Waals surface area contributed by atoms with E-state index in [2.05, 4.69) is 20.7 Å². The summed E-state index contributed by atoms with van der Waals surface area (Å²) in [4.78, 5) is 11.3. The first-order valence-corrected chi connectivity index (χ1v) is 8.39. The van der Waals surface area contributed by atoms with E-state index in [0.29, 0.717) is 22.9 Å². The molecule has 7 heteroatoms. The van der Waals surface area contributed by atoms with Gasteiger partial charge < -0.3 is 14.6 Å². The molecule has 0 aliphatic heterocycles. The topological polar surface area (TPSA) is 75.6 Å². The van der Waals surface area contributed by atoms with Gasteiger partial charge in [0.25, 0.3) is 0 Å². The number of benzene rings is 2. The molecule has 0 amide bonds. The second-order valence-corrected chi connectivity index (χ2v) is 6.37. The molecule has 0 radical (unpaired) electrons. The number of nitrogens with one attached hydrogen (secondary N) is 1. The van der Waals surface area contributed by atoms with Crippen LogP contribution in [0, 0.1) is 0 Å². The van der Waals surface area contributed by atoms with Gasteiger partial charge >= 0.3 is 5.97 Å². The maximum Gasteiger partial charge on any atom is 0.335 e. The molecule has 2 aromatic carbocycles. The number of carboxylic acids is 1. The summed E-state index contributed by atoms with van der Waals surface area (Å²) < 4.78 is 21.6. The quantitative estimate of drug-likeness (QED) is 0.797. The lowest BCUT2D eigenvalue weighted by Gasteiger charge is -2.12. The normalized spacial score (nSPS) is 11.7. The Bertz CT molecular complexity index is 703. The molecule has 0 aromatic heterocycles. The van der Waals surface area contributed by atoms with Crippen LogP contribution in [0.25, 0.3) is 0 Å². The van der Waals surface area contributed by atoms with Crippen LogP contribution in [0.15, 0.2) is 51.8 Å². The Morgan fingerprint density at radius 2 is 1.95 bits per heavy atom. The number of hydrogen-bond acceptors (Lipinski definition) is 3. The molecule has 0 aliphatic rings. The van der Waals surface area contributed by atoms with Crippen molar-refractivity contribution in [1.82, 2.24) is 0 Å². The molecule has 5 nitrogen and oxygen atoms in total. The number of halogens is 1. The highest BCUT2D eigenvalue weighted by atomic mass is 79.9. The van der Waals surface area contributed by atoms with Gasteiger partial charge in [0.15, 0.2) is 11.0 Å². The average molecular weight is 384 g/mol. The van der Waals surface area contributed by atoms with Gasteiger partial charge in [-0.05, 0) is 49.4 Å². The van der Waals surface area contributed by atoms with Gasteiger partial charge in [-0.2, -0.15) is 0 Å². The van der Waals surface area contributed by atoms with Crippen LogP contribution in [0.1, 0.15) is 17.3 Å². The number of aromatic carboxylic acids is 1. The summed E-state index contributed by atoms with van der Waals surface area (Å²) in [6, 6.07) is 11.3. The minimum atomic E-state index is -1.53. The number of rotatable bonds is 6. The Morgan fingerprint density at radius 3 is 2.55 bits per heavy atom. The van der Waals surface area contributed by atoms with E-state index in [0.717, 1.165) is 4.47 Å². The molecule has 0 saturated heterocycles. The Kier molecular flexibility index (Phi) is 5.57. The third kappa shape index (κ3) is 4.08. The molecule has 2 aromatic rings. The van der Waals surface area contributed by atoms with Gasteiger partial charge in [-0.1, -0.05) is 15.9 Å². The molecule has 22 heavy (non-hydrogen) atoms. The number of anilines is 1. The van der Waals surface area contributed by atoms with Crippen LogP contribution < -0.4 is 9.46 Å². The smallest absolute Gasteiger partial charge is 0.335 e. The predicted molar refractivity (Wildman–Crippen MR) is 88.7 cm³/mol. The SMILES string of the molecule is CCOc1ccc(Br)cc1S(=O)Nc1ccc(C(=O)O)cc1. The number of carboxylic acid groups (broad SMARTS) is 1. The molecule has 116 valence electrons. The lowest BCUT2D eigenvalue weighted by molar-refractivity contribution is 0.0697. The predicted octanol–water partition coefficient (Wildman–Crippen LogP) is 3.68. The van der Waals surface area contributed by atoms with Crippen molar-refractivity contribution in [1.29, 1.82) is 0 Å². The molecule has 1 atom stereocenters. The number of carbonyl (C=O) groups is 1. The minimum Gasteiger partial charge on any atom is -0.493 e. The summed E-state index contributed by atoms with van der Waals surface area (Å²) in [5, 5.41) is 8.86. The summed E-state index contributed by atoms with van der Waals surface area (Å²) in [6.45, 7) is 2.33. The summed E-state index contributed by atoms with van der Waals surface area (Å²) in [5.41, 5.74) is 0.736.